The van der Waals surface area contributed by atoms with Gasteiger partial charge in [0.15, 0.2) is 0 Å². The van der Waals surface area contributed by atoms with Gasteiger partial charge in [-0.25, -0.2) is 14.5 Å². The number of piperidine rings is 1. The first-order valence-electron chi connectivity index (χ1n) is 13.6. The van der Waals surface area contributed by atoms with Gasteiger partial charge < -0.3 is 15.0 Å². The number of nitrogens with zero attached hydrogens (tertiary/aromatic N) is 9. The van der Waals surface area contributed by atoms with Crippen molar-refractivity contribution in [1.82, 2.24) is 34.4 Å². The van der Waals surface area contributed by atoms with Gasteiger partial charge in [-0.15, -0.1) is 0 Å². The molecular formula is C30H28N10O. The minimum atomic E-state index is 0.476. The van der Waals surface area contributed by atoms with Crippen molar-refractivity contribution in [1.29, 1.82) is 5.26 Å². The van der Waals surface area contributed by atoms with Crippen LogP contribution in [0, 0.1) is 11.3 Å². The molecule has 0 spiro atoms. The van der Waals surface area contributed by atoms with Crippen molar-refractivity contribution in [3.05, 3.63) is 90.4 Å². The van der Waals surface area contributed by atoms with Crippen LogP contribution < -0.4 is 15.0 Å². The van der Waals surface area contributed by atoms with E-state index in [0.717, 1.165) is 42.4 Å². The van der Waals surface area contributed by atoms with E-state index in [9.17, 15) is 5.26 Å². The van der Waals surface area contributed by atoms with Gasteiger partial charge in [0.1, 0.15) is 11.9 Å². The zero-order valence-corrected chi connectivity index (χ0v) is 22.6. The topological polar surface area (TPSA) is 120 Å². The number of hydrogen-bond acceptors (Lipinski definition) is 10. The number of methoxy groups -OCH3 is 1. The van der Waals surface area contributed by atoms with Crippen molar-refractivity contribution in [2.24, 2.45) is 0 Å². The molecule has 41 heavy (non-hydrogen) atoms. The summed E-state index contributed by atoms with van der Waals surface area (Å²) in [5, 5.41) is 17.5. The number of piperazine rings is 1. The quantitative estimate of drug-likeness (QED) is 0.311. The average Bonchev–Trinajstić information content (AvgIpc) is 3.46. The summed E-state index contributed by atoms with van der Waals surface area (Å²) >= 11 is 0. The number of anilines is 2. The van der Waals surface area contributed by atoms with E-state index in [1.807, 2.05) is 48.9 Å². The molecule has 3 aliphatic rings. The Morgan fingerprint density at radius 3 is 2.63 bits per heavy atom. The Morgan fingerprint density at radius 2 is 1.93 bits per heavy atom. The summed E-state index contributed by atoms with van der Waals surface area (Å²) in [5.74, 6) is 1.50. The predicted octanol–water partition coefficient (Wildman–Crippen LogP) is 3.54. The Balaban J connectivity index is 1.08. The van der Waals surface area contributed by atoms with Crippen LogP contribution in [0.5, 0.6) is 5.88 Å². The molecule has 5 aromatic heterocycles. The molecule has 204 valence electrons. The number of nitrogens with one attached hydrogen (secondary N) is 1. The van der Waals surface area contributed by atoms with Crippen molar-refractivity contribution >= 4 is 17.0 Å². The molecule has 2 atom stereocenters. The monoisotopic (exact) mass is 544 g/mol. The van der Waals surface area contributed by atoms with Gasteiger partial charge in [-0.2, -0.15) is 10.4 Å². The summed E-state index contributed by atoms with van der Waals surface area (Å²) in [7, 11) is 1.63. The molecule has 2 unspecified atom stereocenters. The third-order valence-corrected chi connectivity index (χ3v) is 7.89. The van der Waals surface area contributed by atoms with Gasteiger partial charge in [-0.05, 0) is 30.2 Å². The number of fused-ring (bicyclic) bond motifs is 3. The van der Waals surface area contributed by atoms with Crippen LogP contribution in [0.2, 0.25) is 0 Å². The van der Waals surface area contributed by atoms with Gasteiger partial charge in [-0.3, -0.25) is 14.9 Å². The van der Waals surface area contributed by atoms with Crippen molar-refractivity contribution in [2.75, 3.05) is 30.4 Å². The predicted molar refractivity (Wildman–Crippen MR) is 153 cm³/mol. The number of hydrogen-bond donors (Lipinski definition) is 1. The molecule has 11 nitrogen and oxygen atoms in total. The van der Waals surface area contributed by atoms with E-state index in [-0.39, 0.29) is 0 Å². The first-order chi connectivity index (χ1) is 20.2. The van der Waals surface area contributed by atoms with Gasteiger partial charge in [0.25, 0.3) is 0 Å². The molecule has 1 N–H and O–H groups in total. The lowest BCUT2D eigenvalue weighted by Crippen LogP contribution is -2.68. The average molecular weight is 545 g/mol. The standard InChI is InChI=1S/C30H28N10O/c1-41-29-6-5-20(11-36-29)16-39-24-9-25(39)19-38(18-24)28-15-34-27(14-35-28)26-8-23(33-13-22-4-2-3-7-32-22)17-40-30(26)21(10-31)12-37-40/h2-8,11-12,14-15,17,24-25,33H,9,13,16,18-19H2,1H3. The minimum Gasteiger partial charge on any atom is -0.481 e. The van der Waals surface area contributed by atoms with E-state index in [1.165, 1.54) is 12.0 Å². The van der Waals surface area contributed by atoms with Crippen LogP contribution in [0.3, 0.4) is 0 Å². The van der Waals surface area contributed by atoms with E-state index in [2.05, 4.69) is 42.3 Å². The highest BCUT2D eigenvalue weighted by atomic mass is 16.5. The van der Waals surface area contributed by atoms with Crippen molar-refractivity contribution in [3.63, 3.8) is 0 Å². The zero-order chi connectivity index (χ0) is 27.8. The molecule has 0 saturated carbocycles. The molecule has 0 amide bonds. The van der Waals surface area contributed by atoms with Crippen LogP contribution >= 0.6 is 0 Å². The van der Waals surface area contributed by atoms with Gasteiger partial charge >= 0.3 is 0 Å². The molecule has 3 saturated heterocycles. The molecule has 8 heterocycles. The first-order valence-corrected chi connectivity index (χ1v) is 13.6. The van der Waals surface area contributed by atoms with E-state index < -0.39 is 0 Å². The highest BCUT2D eigenvalue weighted by Crippen LogP contribution is 2.36. The third-order valence-electron chi connectivity index (χ3n) is 7.89. The van der Waals surface area contributed by atoms with Gasteiger partial charge in [0.05, 0.1) is 66.6 Å². The Kier molecular flexibility index (Phi) is 6.37. The summed E-state index contributed by atoms with van der Waals surface area (Å²) in [5.41, 5.74) is 5.65. The summed E-state index contributed by atoms with van der Waals surface area (Å²) in [6.07, 6.45) is 12.0. The largest absolute Gasteiger partial charge is 0.481 e. The second kappa shape index (κ2) is 10.5. The fourth-order valence-corrected chi connectivity index (χ4v) is 5.78. The van der Waals surface area contributed by atoms with Crippen molar-refractivity contribution in [2.45, 2.75) is 31.6 Å². The fraction of sp³-hybridized carbons (Fsp3) is 0.267. The lowest BCUT2D eigenvalue weighted by Gasteiger charge is -2.56. The lowest BCUT2D eigenvalue weighted by molar-refractivity contribution is -0.00879. The molecule has 0 radical (unpaired) electrons. The molecular weight excluding hydrogens is 516 g/mol. The van der Waals surface area contributed by atoms with Crippen molar-refractivity contribution < 1.29 is 4.74 Å². The van der Waals surface area contributed by atoms with Gasteiger partial charge in [-0.1, -0.05) is 12.1 Å². The Hall–Kier alpha value is -5.08. The highest BCUT2D eigenvalue weighted by molar-refractivity contribution is 5.84. The number of pyridine rings is 3. The van der Waals surface area contributed by atoms with Crippen LogP contribution in [-0.2, 0) is 13.1 Å². The number of aromatic nitrogens is 6. The van der Waals surface area contributed by atoms with Crippen LogP contribution in [0.15, 0.2) is 73.6 Å². The SMILES string of the molecule is COc1ccc(CN2C3CC2CN(c2cnc(-c4cc(NCc5ccccn5)cn5ncc(C#N)c45)cn2)C3)cn1. The summed E-state index contributed by atoms with van der Waals surface area (Å²) in [6, 6.07) is 15.0. The first kappa shape index (κ1) is 24.9. The van der Waals surface area contributed by atoms with Gasteiger partial charge in [0.2, 0.25) is 5.88 Å². The second-order valence-electron chi connectivity index (χ2n) is 10.4. The van der Waals surface area contributed by atoms with Crippen LogP contribution in [0.4, 0.5) is 11.5 Å². The number of rotatable bonds is 8. The highest BCUT2D eigenvalue weighted by Gasteiger charge is 2.44. The van der Waals surface area contributed by atoms with Crippen LogP contribution in [-0.4, -0.2) is 66.7 Å². The molecule has 11 heteroatoms. The second-order valence-corrected chi connectivity index (χ2v) is 10.4. The number of ether oxygens (including phenoxy) is 1. The molecule has 8 rings (SSSR count). The zero-order valence-electron chi connectivity index (χ0n) is 22.6. The molecule has 3 aliphatic heterocycles. The molecule has 2 bridgehead atoms. The minimum absolute atomic E-state index is 0.476. The Bertz CT molecular complexity index is 1700. The van der Waals surface area contributed by atoms with E-state index in [0.29, 0.717) is 41.3 Å². The lowest BCUT2D eigenvalue weighted by atomic mass is 9.87. The van der Waals surface area contributed by atoms with Gasteiger partial charge in [0, 0.05) is 55.7 Å². The number of nitriles is 1. The Labute approximate surface area is 237 Å². The van der Waals surface area contributed by atoms with E-state index in [4.69, 9.17) is 14.7 Å². The van der Waals surface area contributed by atoms with Crippen LogP contribution in [0.1, 0.15) is 23.2 Å². The fourth-order valence-electron chi connectivity index (χ4n) is 5.78. The third kappa shape index (κ3) is 4.79. The Morgan fingerprint density at radius 1 is 1.02 bits per heavy atom. The smallest absolute Gasteiger partial charge is 0.212 e. The van der Waals surface area contributed by atoms with Crippen molar-refractivity contribution in [3.8, 4) is 23.2 Å². The maximum atomic E-state index is 9.72. The molecule has 0 aromatic carbocycles. The van der Waals surface area contributed by atoms with Crippen LogP contribution in [0.25, 0.3) is 16.8 Å². The van der Waals surface area contributed by atoms with E-state index >= 15 is 0 Å². The normalized spacial score (nSPS) is 18.1. The molecule has 5 aromatic rings. The summed E-state index contributed by atoms with van der Waals surface area (Å²) in [6.45, 7) is 3.27. The summed E-state index contributed by atoms with van der Waals surface area (Å²) < 4.78 is 6.90. The maximum Gasteiger partial charge on any atom is 0.212 e. The molecule has 0 aliphatic carbocycles. The van der Waals surface area contributed by atoms with E-state index in [1.54, 1.807) is 30.2 Å². The maximum absolute atomic E-state index is 9.72. The summed E-state index contributed by atoms with van der Waals surface area (Å²) in [4.78, 5) is 23.2. The molecule has 3 fully saturated rings.